The highest BCUT2D eigenvalue weighted by molar-refractivity contribution is 7.15. The maximum Gasteiger partial charge on any atom is 0.348 e. The third kappa shape index (κ3) is 13.7. The van der Waals surface area contributed by atoms with Gasteiger partial charge < -0.3 is 25.1 Å². The van der Waals surface area contributed by atoms with Crippen LogP contribution < -0.4 is 9.80 Å². The summed E-state index contributed by atoms with van der Waals surface area (Å²) in [6.07, 6.45) is 13.6. The number of rotatable bonds is 7. The fraction of sp³-hybridized carbons (Fsp3) is 0.694. The number of carboxylic acids is 1. The van der Waals surface area contributed by atoms with Crippen molar-refractivity contribution in [1.29, 1.82) is 0 Å². The lowest BCUT2D eigenvalue weighted by atomic mass is 9.81. The summed E-state index contributed by atoms with van der Waals surface area (Å²) in [7, 11) is 0. The molecule has 0 aromatic carbocycles. The number of hydrogen-bond acceptors (Lipinski definition) is 7. The van der Waals surface area contributed by atoms with Crippen molar-refractivity contribution in [1.82, 2.24) is 0 Å². The molecule has 2 heterocycles. The summed E-state index contributed by atoms with van der Waals surface area (Å²) in [5.74, 6) is 13.6. The lowest BCUT2D eigenvalue weighted by molar-refractivity contribution is -0.125. The second-order valence-electron chi connectivity index (χ2n) is 20.1. The van der Waals surface area contributed by atoms with E-state index in [0.717, 1.165) is 105 Å². The zero-order valence-electron chi connectivity index (χ0n) is 36.9. The third-order valence-electron chi connectivity index (χ3n) is 12.4. The fourth-order valence-electron chi connectivity index (χ4n) is 8.85. The van der Waals surface area contributed by atoms with E-state index in [4.69, 9.17) is 0 Å². The SMILES string of the molecule is CC1CCC(C(=O)N(c2cc(C#CC(C)(C)C)sc2[14C](=O)O)C2CCC(O)CC2)CC1.CC1CCC(C(=O)N(c2csc(C#CC(C)(C)C)c2)C2CCC(O)CC2)CC1. The predicted octanol–water partition coefficient (Wildman–Crippen LogP) is 10.9. The average molecular weight is 849 g/mol. The summed E-state index contributed by atoms with van der Waals surface area (Å²) < 4.78 is 0. The molecule has 0 unspecified atom stereocenters. The van der Waals surface area contributed by atoms with Crippen LogP contribution in [0.4, 0.5) is 11.4 Å². The molecule has 0 atom stereocenters. The lowest BCUT2D eigenvalue weighted by Crippen LogP contribution is -2.47. The van der Waals surface area contributed by atoms with E-state index >= 15 is 0 Å². The molecule has 4 aliphatic rings. The van der Waals surface area contributed by atoms with Crippen LogP contribution in [-0.2, 0) is 9.59 Å². The molecule has 0 spiro atoms. The maximum atomic E-state index is 13.7. The van der Waals surface area contributed by atoms with E-state index < -0.39 is 5.97 Å². The maximum absolute atomic E-state index is 13.7. The van der Waals surface area contributed by atoms with Gasteiger partial charge in [0.15, 0.2) is 0 Å². The van der Waals surface area contributed by atoms with E-state index in [0.29, 0.717) is 48.1 Å². The van der Waals surface area contributed by atoms with Gasteiger partial charge >= 0.3 is 5.97 Å². The van der Waals surface area contributed by atoms with Crippen molar-refractivity contribution in [2.45, 2.75) is 182 Å². The molecule has 4 aliphatic carbocycles. The molecule has 0 saturated heterocycles. The first-order valence-corrected chi connectivity index (χ1v) is 24.0. The first-order chi connectivity index (χ1) is 27.8. The van der Waals surface area contributed by atoms with Crippen LogP contribution in [-0.4, -0.2) is 57.4 Å². The Morgan fingerprint density at radius 3 is 1.51 bits per heavy atom. The summed E-state index contributed by atoms with van der Waals surface area (Å²) >= 11 is 2.78. The normalized spacial score (nSPS) is 27.4. The number of aliphatic hydroxyl groups excluding tert-OH is 2. The highest BCUT2D eigenvalue weighted by Crippen LogP contribution is 2.40. The monoisotopic (exact) mass is 848 g/mol. The lowest BCUT2D eigenvalue weighted by Gasteiger charge is -2.38. The number of carbonyl (C=O) groups excluding carboxylic acids is 2. The number of aromatic carboxylic acids is 1. The standard InChI is InChI=1S/C25H35NO4S.C24H35NO2S/c1-16-5-7-17(8-6-16)23(28)26(18-9-11-19(27)12-10-18)21-15-20(13-14-25(2,3)4)31-22(21)24(29)30;1-17-5-7-18(8-6-17)23(27)25(19-9-11-21(26)12-10-19)20-15-22(28-16-20)13-14-24(2,3)4/h15-19,27H,5-12H2,1-4H3,(H,29,30);15-19,21,26H,5-12H2,1-4H3/i24+2;. The van der Waals surface area contributed by atoms with E-state index in [1.54, 1.807) is 22.3 Å². The van der Waals surface area contributed by atoms with Crippen molar-refractivity contribution in [2.75, 3.05) is 9.80 Å². The molecule has 0 radical (unpaired) electrons. The third-order valence-corrected chi connectivity index (χ3v) is 14.3. The van der Waals surface area contributed by atoms with Crippen molar-refractivity contribution in [3.05, 3.63) is 32.1 Å². The average Bonchev–Trinajstić information content (AvgIpc) is 3.83. The van der Waals surface area contributed by atoms with E-state index in [-0.39, 0.29) is 57.7 Å². The molecule has 8 nitrogen and oxygen atoms in total. The van der Waals surface area contributed by atoms with Gasteiger partial charge in [-0.05, 0) is 168 Å². The van der Waals surface area contributed by atoms with E-state index in [1.165, 1.54) is 0 Å². The zero-order chi connectivity index (χ0) is 43.1. The van der Waals surface area contributed by atoms with Crippen LogP contribution >= 0.6 is 22.7 Å². The van der Waals surface area contributed by atoms with Crippen LogP contribution in [0.3, 0.4) is 0 Å². The molecular weight excluding hydrogens is 779 g/mol. The number of hydrogen-bond donors (Lipinski definition) is 3. The number of carboxylic acid groups (broad SMARTS) is 1. The minimum absolute atomic E-state index is 0.0298. The summed E-state index contributed by atoms with van der Waals surface area (Å²) in [4.78, 5) is 45.1. The number of aliphatic hydroxyl groups is 2. The topological polar surface area (TPSA) is 118 Å². The number of thiophene rings is 2. The largest absolute Gasteiger partial charge is 0.477 e. The molecule has 2 amide bonds. The van der Waals surface area contributed by atoms with Gasteiger partial charge in [-0.2, -0.15) is 0 Å². The van der Waals surface area contributed by atoms with Crippen LogP contribution in [0.2, 0.25) is 0 Å². The molecule has 4 fully saturated rings. The van der Waals surface area contributed by atoms with Crippen LogP contribution in [0.5, 0.6) is 0 Å². The molecule has 324 valence electrons. The molecule has 0 bridgehead atoms. The second kappa shape index (κ2) is 20.6. The van der Waals surface area contributed by atoms with Crippen LogP contribution in [0.1, 0.15) is 178 Å². The van der Waals surface area contributed by atoms with Gasteiger partial charge in [0.25, 0.3) is 0 Å². The van der Waals surface area contributed by atoms with E-state index in [9.17, 15) is 29.7 Å². The number of carbonyl (C=O) groups is 3. The predicted molar refractivity (Wildman–Crippen MR) is 242 cm³/mol. The van der Waals surface area contributed by atoms with Gasteiger partial charge in [-0.25, -0.2) is 4.79 Å². The Morgan fingerprint density at radius 2 is 1.07 bits per heavy atom. The van der Waals surface area contributed by atoms with Gasteiger partial charge in [0.05, 0.1) is 33.3 Å². The molecule has 59 heavy (non-hydrogen) atoms. The summed E-state index contributed by atoms with van der Waals surface area (Å²) in [6, 6.07) is 4.01. The van der Waals surface area contributed by atoms with Crippen LogP contribution in [0.25, 0.3) is 0 Å². The van der Waals surface area contributed by atoms with E-state index in [2.05, 4.69) is 74.6 Å². The smallest absolute Gasteiger partial charge is 0.348 e. The summed E-state index contributed by atoms with van der Waals surface area (Å²) in [6.45, 7) is 16.9. The Hall–Kier alpha value is -3.15. The van der Waals surface area contributed by atoms with Crippen LogP contribution in [0, 0.1) is 58.2 Å². The second-order valence-corrected chi connectivity index (χ2v) is 22.0. The molecule has 10 heteroatoms. The minimum Gasteiger partial charge on any atom is -0.477 e. The Bertz CT molecular complexity index is 1850. The van der Waals surface area contributed by atoms with Crippen molar-refractivity contribution in [3.8, 4) is 23.7 Å². The van der Waals surface area contributed by atoms with Gasteiger partial charge in [0, 0.05) is 40.1 Å². The summed E-state index contributed by atoms with van der Waals surface area (Å²) in [5, 5.41) is 31.9. The van der Waals surface area contributed by atoms with Crippen molar-refractivity contribution in [2.24, 2.45) is 34.5 Å². The Kier molecular flexibility index (Phi) is 16.4. The Balaban J connectivity index is 0.000000225. The molecule has 4 saturated carbocycles. The van der Waals surface area contributed by atoms with Crippen molar-refractivity contribution < 1.29 is 29.7 Å². The molecule has 2 aromatic rings. The molecular formula is C49H70N2O6S2. The molecule has 3 N–H and O–H groups in total. The zero-order valence-corrected chi connectivity index (χ0v) is 38.6. The first kappa shape index (κ1) is 46.9. The van der Waals surface area contributed by atoms with Crippen molar-refractivity contribution in [3.63, 3.8) is 0 Å². The summed E-state index contributed by atoms with van der Waals surface area (Å²) in [5.41, 5.74) is 1.27. The van der Waals surface area contributed by atoms with Gasteiger partial charge in [-0.3, -0.25) is 9.59 Å². The fourth-order valence-corrected chi connectivity index (χ4v) is 10.4. The number of amides is 2. The number of nitrogens with zero attached hydrogens (tertiary/aromatic N) is 2. The molecule has 6 rings (SSSR count). The van der Waals surface area contributed by atoms with E-state index in [1.807, 2.05) is 20.8 Å². The quantitative estimate of drug-likeness (QED) is 0.239. The minimum atomic E-state index is -1.02. The van der Waals surface area contributed by atoms with Crippen LogP contribution in [0.15, 0.2) is 17.5 Å². The van der Waals surface area contributed by atoms with Gasteiger partial charge in [0.2, 0.25) is 11.8 Å². The first-order valence-electron chi connectivity index (χ1n) is 22.3. The number of anilines is 2. The highest BCUT2D eigenvalue weighted by atomic mass is 32.1. The molecule has 2 aromatic heterocycles. The highest BCUT2D eigenvalue weighted by Gasteiger charge is 2.38. The molecule has 0 aliphatic heterocycles. The van der Waals surface area contributed by atoms with Crippen molar-refractivity contribution >= 4 is 51.8 Å². The van der Waals surface area contributed by atoms with Gasteiger partial charge in [-0.15, -0.1) is 22.7 Å². The Morgan fingerprint density at radius 1 is 0.644 bits per heavy atom. The van der Waals surface area contributed by atoms with Gasteiger partial charge in [0.1, 0.15) is 4.88 Å². The van der Waals surface area contributed by atoms with Gasteiger partial charge in [-0.1, -0.05) is 37.5 Å². The Labute approximate surface area is 362 Å².